The van der Waals surface area contributed by atoms with Gasteiger partial charge in [0.2, 0.25) is 0 Å². The topological polar surface area (TPSA) is 64.4 Å². The number of rotatable bonds is 3. The lowest BCUT2D eigenvalue weighted by molar-refractivity contribution is -0.384. The van der Waals surface area contributed by atoms with Gasteiger partial charge in [-0.1, -0.05) is 35.9 Å². The van der Waals surface area contributed by atoms with Crippen LogP contribution in [0.5, 0.6) is 0 Å². The van der Waals surface area contributed by atoms with Crippen molar-refractivity contribution >= 4 is 23.0 Å². The van der Waals surface area contributed by atoms with Gasteiger partial charge in [-0.3, -0.25) is 10.1 Å². The summed E-state index contributed by atoms with van der Waals surface area (Å²) in [6.07, 6.45) is 0. The summed E-state index contributed by atoms with van der Waals surface area (Å²) in [4.78, 5) is 10.4. The molecule has 1 aliphatic heterocycles. The van der Waals surface area contributed by atoms with E-state index in [0.29, 0.717) is 18.9 Å². The second-order valence-corrected chi connectivity index (χ2v) is 5.24. The van der Waals surface area contributed by atoms with Crippen molar-refractivity contribution in [3.05, 3.63) is 68.7 Å². The molecule has 3 rings (SSSR count). The summed E-state index contributed by atoms with van der Waals surface area (Å²) in [6, 6.07) is 12.7. The van der Waals surface area contributed by atoms with Crippen molar-refractivity contribution < 1.29 is 9.66 Å². The Morgan fingerprint density at radius 3 is 2.90 bits per heavy atom. The maximum Gasteiger partial charge on any atom is 0.289 e. The van der Waals surface area contributed by atoms with Gasteiger partial charge in [-0.25, -0.2) is 0 Å². The van der Waals surface area contributed by atoms with Gasteiger partial charge < -0.3 is 10.1 Å². The second-order valence-electron chi connectivity index (χ2n) is 4.83. The number of nitro groups is 1. The van der Waals surface area contributed by atoms with Crippen LogP contribution in [0.15, 0.2) is 42.5 Å². The molecule has 0 saturated carbocycles. The number of fused-ring (bicyclic) bond motifs is 1. The lowest BCUT2D eigenvalue weighted by Gasteiger charge is -2.27. The van der Waals surface area contributed by atoms with Crippen LogP contribution in [0, 0.1) is 10.1 Å². The molecule has 1 heterocycles. The van der Waals surface area contributed by atoms with Crippen molar-refractivity contribution in [2.24, 2.45) is 0 Å². The van der Waals surface area contributed by atoms with E-state index >= 15 is 0 Å². The molecule has 0 amide bonds. The van der Waals surface area contributed by atoms with Gasteiger partial charge in [0.05, 0.1) is 24.2 Å². The van der Waals surface area contributed by atoms with Gasteiger partial charge in [0.25, 0.3) is 5.69 Å². The number of ether oxygens (including phenoxy) is 1. The third-order valence-corrected chi connectivity index (χ3v) is 3.78. The zero-order valence-corrected chi connectivity index (χ0v) is 11.8. The molecule has 1 unspecified atom stereocenters. The molecular weight excluding hydrogens is 292 g/mol. The molecule has 6 heteroatoms. The number of nitrogens with one attached hydrogen (secondary N) is 1. The van der Waals surface area contributed by atoms with Crippen LogP contribution in [0.25, 0.3) is 0 Å². The summed E-state index contributed by atoms with van der Waals surface area (Å²) in [7, 11) is 0. The monoisotopic (exact) mass is 304 g/mol. The van der Waals surface area contributed by atoms with Crippen molar-refractivity contribution in [1.29, 1.82) is 0 Å². The summed E-state index contributed by atoms with van der Waals surface area (Å²) in [5.74, 6) is 0. The summed E-state index contributed by atoms with van der Waals surface area (Å²) in [5, 5.41) is 14.3. The van der Waals surface area contributed by atoms with Gasteiger partial charge >= 0.3 is 0 Å². The van der Waals surface area contributed by atoms with Crippen LogP contribution < -0.4 is 5.32 Å². The molecule has 108 valence electrons. The Kier molecular flexibility index (Phi) is 3.77. The van der Waals surface area contributed by atoms with Gasteiger partial charge in [0.1, 0.15) is 5.02 Å². The number of benzene rings is 2. The summed E-state index contributed by atoms with van der Waals surface area (Å²) >= 11 is 5.82. The number of nitro benzene ring substituents is 1. The third kappa shape index (κ3) is 2.84. The number of hydrogen-bond donors (Lipinski definition) is 1. The fraction of sp³-hybridized carbons (Fsp3) is 0.200. The molecule has 1 N–H and O–H groups in total. The maximum absolute atomic E-state index is 10.9. The minimum Gasteiger partial charge on any atom is -0.376 e. The Labute approximate surface area is 126 Å². The SMILES string of the molecule is O=[N+]([O-])c1cc(NC2COCc3ccccc32)ccc1Cl. The van der Waals surface area contributed by atoms with E-state index in [1.54, 1.807) is 6.07 Å². The molecule has 21 heavy (non-hydrogen) atoms. The van der Waals surface area contributed by atoms with Crippen molar-refractivity contribution in [3.8, 4) is 0 Å². The van der Waals surface area contributed by atoms with E-state index in [1.165, 1.54) is 12.1 Å². The molecule has 1 aliphatic rings. The number of halogens is 1. The first-order valence-electron chi connectivity index (χ1n) is 6.51. The number of nitrogens with zero attached hydrogens (tertiary/aromatic N) is 1. The number of hydrogen-bond acceptors (Lipinski definition) is 4. The smallest absolute Gasteiger partial charge is 0.289 e. The Balaban J connectivity index is 1.88. The molecule has 5 nitrogen and oxygen atoms in total. The Morgan fingerprint density at radius 2 is 2.10 bits per heavy atom. The van der Waals surface area contributed by atoms with E-state index in [-0.39, 0.29) is 16.8 Å². The van der Waals surface area contributed by atoms with Gasteiger partial charge in [-0.05, 0) is 23.3 Å². The van der Waals surface area contributed by atoms with Crippen LogP contribution in [0.1, 0.15) is 17.2 Å². The van der Waals surface area contributed by atoms with Gasteiger partial charge in [0.15, 0.2) is 0 Å². The van der Waals surface area contributed by atoms with Crippen LogP contribution >= 0.6 is 11.6 Å². The standard InChI is InChI=1S/C15H13ClN2O3/c16-13-6-5-11(7-15(13)18(19)20)17-14-9-21-8-10-3-1-2-4-12(10)14/h1-7,14,17H,8-9H2. The van der Waals surface area contributed by atoms with Gasteiger partial charge in [0, 0.05) is 11.8 Å². The van der Waals surface area contributed by atoms with E-state index in [1.807, 2.05) is 24.3 Å². The highest BCUT2D eigenvalue weighted by Gasteiger charge is 2.21. The van der Waals surface area contributed by atoms with Crippen LogP contribution in [0.4, 0.5) is 11.4 Å². The summed E-state index contributed by atoms with van der Waals surface area (Å²) < 4.78 is 5.56. The predicted molar refractivity (Wildman–Crippen MR) is 80.6 cm³/mol. The van der Waals surface area contributed by atoms with E-state index in [0.717, 1.165) is 11.1 Å². The molecule has 2 aromatic rings. The lowest BCUT2D eigenvalue weighted by Crippen LogP contribution is -2.23. The number of anilines is 1. The highest BCUT2D eigenvalue weighted by atomic mass is 35.5. The summed E-state index contributed by atoms with van der Waals surface area (Å²) in [5.41, 5.74) is 2.83. The third-order valence-electron chi connectivity index (χ3n) is 3.46. The van der Waals surface area contributed by atoms with Crippen LogP contribution in [0.2, 0.25) is 5.02 Å². The molecule has 2 aromatic carbocycles. The molecular formula is C15H13ClN2O3. The first-order chi connectivity index (χ1) is 10.1. The van der Waals surface area contributed by atoms with Crippen molar-refractivity contribution in [2.75, 3.05) is 11.9 Å². The molecule has 1 atom stereocenters. The first-order valence-corrected chi connectivity index (χ1v) is 6.89. The minimum atomic E-state index is -0.487. The predicted octanol–water partition coefficient (Wildman–Crippen LogP) is 3.93. The Bertz CT molecular complexity index is 690. The first kappa shape index (κ1) is 13.9. The lowest BCUT2D eigenvalue weighted by atomic mass is 9.99. The van der Waals surface area contributed by atoms with E-state index in [9.17, 15) is 10.1 Å². The second kappa shape index (κ2) is 5.71. The van der Waals surface area contributed by atoms with E-state index in [4.69, 9.17) is 16.3 Å². The Morgan fingerprint density at radius 1 is 1.29 bits per heavy atom. The van der Waals surface area contributed by atoms with Crippen LogP contribution in [0.3, 0.4) is 0 Å². The van der Waals surface area contributed by atoms with Crippen LogP contribution in [-0.2, 0) is 11.3 Å². The van der Waals surface area contributed by atoms with Crippen molar-refractivity contribution in [1.82, 2.24) is 0 Å². The highest BCUT2D eigenvalue weighted by molar-refractivity contribution is 6.32. The zero-order valence-electron chi connectivity index (χ0n) is 11.1. The zero-order chi connectivity index (χ0) is 14.8. The average Bonchev–Trinajstić information content (AvgIpc) is 2.49. The fourth-order valence-corrected chi connectivity index (χ4v) is 2.63. The van der Waals surface area contributed by atoms with Crippen molar-refractivity contribution in [2.45, 2.75) is 12.6 Å². The largest absolute Gasteiger partial charge is 0.376 e. The van der Waals surface area contributed by atoms with E-state index < -0.39 is 4.92 Å². The average molecular weight is 305 g/mol. The molecule has 0 fully saturated rings. The molecule has 0 bridgehead atoms. The molecule has 0 spiro atoms. The minimum absolute atomic E-state index is 0.0317. The summed E-state index contributed by atoms with van der Waals surface area (Å²) in [6.45, 7) is 1.11. The van der Waals surface area contributed by atoms with Gasteiger partial charge in [-0.15, -0.1) is 0 Å². The van der Waals surface area contributed by atoms with Crippen LogP contribution in [-0.4, -0.2) is 11.5 Å². The molecule has 0 aliphatic carbocycles. The highest BCUT2D eigenvalue weighted by Crippen LogP contribution is 2.31. The Hall–Kier alpha value is -2.11. The molecule has 0 radical (unpaired) electrons. The van der Waals surface area contributed by atoms with E-state index in [2.05, 4.69) is 5.32 Å². The van der Waals surface area contributed by atoms with Crippen molar-refractivity contribution in [3.63, 3.8) is 0 Å². The molecule has 0 aromatic heterocycles. The van der Waals surface area contributed by atoms with Gasteiger partial charge in [-0.2, -0.15) is 0 Å². The molecule has 0 saturated heterocycles. The maximum atomic E-state index is 10.9. The normalized spacial score (nSPS) is 17.1. The fourth-order valence-electron chi connectivity index (χ4n) is 2.45. The quantitative estimate of drug-likeness (QED) is 0.689.